The summed E-state index contributed by atoms with van der Waals surface area (Å²) in [4.78, 5) is 14.0. The molecule has 1 atom stereocenters. The van der Waals surface area contributed by atoms with Gasteiger partial charge in [-0.3, -0.25) is 9.37 Å². The third kappa shape index (κ3) is 4.60. The van der Waals surface area contributed by atoms with Gasteiger partial charge in [-0.25, -0.2) is 4.58 Å². The van der Waals surface area contributed by atoms with E-state index in [0.717, 1.165) is 0 Å². The summed E-state index contributed by atoms with van der Waals surface area (Å²) in [5.74, 6) is 0.682. The molecule has 0 aromatic carbocycles. The number of nitrogens with one attached hydrogen (secondary N) is 1. The van der Waals surface area contributed by atoms with Crippen LogP contribution < -0.4 is 5.32 Å². The molecule has 3 aliphatic rings. The Morgan fingerprint density at radius 2 is 2.04 bits per heavy atom. The van der Waals surface area contributed by atoms with Crippen molar-refractivity contribution in [1.82, 2.24) is 10.2 Å². The van der Waals surface area contributed by atoms with Crippen molar-refractivity contribution in [2.75, 3.05) is 46.0 Å². The van der Waals surface area contributed by atoms with Crippen LogP contribution in [0.5, 0.6) is 0 Å². The molecule has 152 valence electrons. The Morgan fingerprint density at radius 1 is 1.33 bits per heavy atom. The number of hydrogen-bond donors (Lipinski definition) is 1. The van der Waals surface area contributed by atoms with Gasteiger partial charge >= 0.3 is 12.1 Å². The van der Waals surface area contributed by atoms with Crippen LogP contribution in [0.1, 0.15) is 26.7 Å². The summed E-state index contributed by atoms with van der Waals surface area (Å²) in [5, 5.41) is 3.12. The fourth-order valence-corrected chi connectivity index (χ4v) is 3.62. The molecule has 0 aromatic rings. The first-order valence-electron chi connectivity index (χ1n) is 9.35. The van der Waals surface area contributed by atoms with Crippen LogP contribution in [0.3, 0.4) is 0 Å². The lowest BCUT2D eigenvalue weighted by Crippen LogP contribution is -2.65. The summed E-state index contributed by atoms with van der Waals surface area (Å²) in [6.07, 6.45) is -4.43. The molecular formula is C17H27F3N4O3+2. The first-order valence-corrected chi connectivity index (χ1v) is 9.35. The van der Waals surface area contributed by atoms with Crippen LogP contribution in [-0.2, 0) is 14.3 Å². The topological polar surface area (TPSA) is 56.8 Å². The molecule has 0 unspecified atom stereocenters. The van der Waals surface area contributed by atoms with Crippen LogP contribution in [0.4, 0.5) is 13.2 Å². The molecule has 0 aliphatic carbocycles. The number of guanidine groups is 1. The number of amidine groups is 1. The van der Waals surface area contributed by atoms with E-state index in [9.17, 15) is 18.0 Å². The first-order chi connectivity index (χ1) is 12.8. The van der Waals surface area contributed by atoms with Crippen LogP contribution in [0.2, 0.25) is 0 Å². The number of carbonyl (C=O) groups is 1. The quantitative estimate of drug-likeness (QED) is 0.703. The molecule has 3 rings (SSSR count). The van der Waals surface area contributed by atoms with Gasteiger partial charge in [-0.2, -0.15) is 23.4 Å². The molecule has 3 heterocycles. The lowest BCUT2D eigenvalue weighted by molar-refractivity contribution is -0.612. The Balaban J connectivity index is 1.94. The summed E-state index contributed by atoms with van der Waals surface area (Å²) < 4.78 is 54.9. The molecule has 0 spiro atoms. The third-order valence-corrected chi connectivity index (χ3v) is 4.96. The zero-order chi connectivity index (χ0) is 19.6. The van der Waals surface area contributed by atoms with Crippen molar-refractivity contribution >= 4 is 17.7 Å². The minimum Gasteiger partial charge on any atom is -0.376 e. The van der Waals surface area contributed by atoms with Crippen molar-refractivity contribution in [2.24, 2.45) is 0 Å². The lowest BCUT2D eigenvalue weighted by atomic mass is 10.1. The Hall–Kier alpha value is -1.68. The van der Waals surface area contributed by atoms with Gasteiger partial charge in [0.25, 0.3) is 11.7 Å². The maximum atomic E-state index is 13.6. The van der Waals surface area contributed by atoms with Gasteiger partial charge in [0.2, 0.25) is 0 Å². The number of fused-ring (bicyclic) bond motifs is 1. The second-order valence-corrected chi connectivity index (χ2v) is 7.18. The van der Waals surface area contributed by atoms with Gasteiger partial charge < -0.3 is 9.47 Å². The van der Waals surface area contributed by atoms with Crippen LogP contribution in [0.25, 0.3) is 0 Å². The van der Waals surface area contributed by atoms with Crippen LogP contribution >= 0.6 is 0 Å². The number of hydrogen-bond acceptors (Lipinski definition) is 3. The average molecular weight is 392 g/mol. The minimum atomic E-state index is -4.38. The van der Waals surface area contributed by atoms with Gasteiger partial charge in [0.1, 0.15) is 19.5 Å². The van der Waals surface area contributed by atoms with Crippen molar-refractivity contribution in [2.45, 2.75) is 45.0 Å². The third-order valence-electron chi connectivity index (χ3n) is 4.96. The van der Waals surface area contributed by atoms with Crippen LogP contribution in [0.15, 0.2) is 0 Å². The molecule has 2 saturated heterocycles. The van der Waals surface area contributed by atoms with E-state index in [1.54, 1.807) is 0 Å². The number of ether oxygens (including phenoxy) is 2. The zero-order valence-electron chi connectivity index (χ0n) is 15.7. The SMILES string of the molecule is CC(C)OCC[N+]1=C2NC(=[N+]3CCOCC3)CC(=O)N2CC[C@H]1C(F)(F)F. The Morgan fingerprint density at radius 3 is 2.67 bits per heavy atom. The fraction of sp³-hybridized carbons (Fsp3) is 0.824. The monoisotopic (exact) mass is 392 g/mol. The van der Waals surface area contributed by atoms with Crippen LogP contribution in [0, 0.1) is 0 Å². The van der Waals surface area contributed by atoms with E-state index in [1.165, 1.54) is 9.48 Å². The highest BCUT2D eigenvalue weighted by molar-refractivity contribution is 6.14. The second-order valence-electron chi connectivity index (χ2n) is 7.18. The summed E-state index contributed by atoms with van der Waals surface area (Å²) in [6.45, 7) is 6.25. The molecule has 0 aromatic heterocycles. The van der Waals surface area contributed by atoms with Gasteiger partial charge in [-0.05, 0) is 13.8 Å². The van der Waals surface area contributed by atoms with Gasteiger partial charge in [0.15, 0.2) is 6.04 Å². The summed E-state index contributed by atoms with van der Waals surface area (Å²) in [7, 11) is 0. The average Bonchev–Trinajstić information content (AvgIpc) is 2.61. The Kier molecular flexibility index (Phi) is 6.05. The van der Waals surface area contributed by atoms with E-state index in [1.807, 2.05) is 18.4 Å². The van der Waals surface area contributed by atoms with Crippen molar-refractivity contribution < 1.29 is 36.6 Å². The standard InChI is InChI=1S/C17H26F3N4O3/c1-12(2)27-10-7-23-13(17(18,19)20)3-4-24-15(25)11-14(21-16(23)24)22-5-8-26-9-6-22/h12-13H,3-11H2,1-2H3/q+1/p+1/t13-/m0/s1. The zero-order valence-corrected chi connectivity index (χ0v) is 15.7. The normalized spacial score (nSPS) is 24.4. The number of carbonyl (C=O) groups excluding carboxylic acids is 1. The molecule has 27 heavy (non-hydrogen) atoms. The predicted octanol–water partition coefficient (Wildman–Crippen LogP) is 0.378. The molecule has 3 aliphatic heterocycles. The Bertz CT molecular complexity index is 638. The number of amides is 1. The predicted molar refractivity (Wildman–Crippen MR) is 91.0 cm³/mol. The molecule has 2 fully saturated rings. The maximum Gasteiger partial charge on any atom is 0.422 e. The summed E-state index contributed by atoms with van der Waals surface area (Å²) in [5.41, 5.74) is 0. The van der Waals surface area contributed by atoms with Crippen molar-refractivity contribution in [3.05, 3.63) is 0 Å². The van der Waals surface area contributed by atoms with Gasteiger partial charge in [0.05, 0.1) is 39.0 Å². The lowest BCUT2D eigenvalue weighted by Gasteiger charge is -2.34. The highest BCUT2D eigenvalue weighted by atomic mass is 19.4. The van der Waals surface area contributed by atoms with Gasteiger partial charge in [-0.1, -0.05) is 0 Å². The molecule has 10 heteroatoms. The molecule has 1 N–H and O–H groups in total. The molecule has 0 radical (unpaired) electrons. The second kappa shape index (κ2) is 8.14. The molecule has 0 saturated carbocycles. The van der Waals surface area contributed by atoms with Crippen molar-refractivity contribution in [3.63, 3.8) is 0 Å². The molecular weight excluding hydrogens is 365 g/mol. The van der Waals surface area contributed by atoms with Gasteiger partial charge in [0, 0.05) is 6.42 Å². The van der Waals surface area contributed by atoms with Gasteiger partial charge in [-0.15, -0.1) is 0 Å². The molecule has 1 amide bonds. The van der Waals surface area contributed by atoms with Crippen LogP contribution in [-0.4, -0.2) is 96.1 Å². The number of rotatable bonds is 4. The van der Waals surface area contributed by atoms with Crippen molar-refractivity contribution in [3.8, 4) is 0 Å². The number of morpholine rings is 1. The maximum absolute atomic E-state index is 13.6. The Labute approximate surface area is 156 Å². The van der Waals surface area contributed by atoms with Crippen molar-refractivity contribution in [1.29, 1.82) is 0 Å². The molecule has 0 bridgehead atoms. The number of nitrogens with zero attached hydrogens (tertiary/aromatic N) is 3. The number of halogens is 3. The van der Waals surface area contributed by atoms with E-state index in [4.69, 9.17) is 9.47 Å². The molecule has 7 nitrogen and oxygen atoms in total. The smallest absolute Gasteiger partial charge is 0.376 e. The highest BCUT2D eigenvalue weighted by Crippen LogP contribution is 2.28. The van der Waals surface area contributed by atoms with E-state index < -0.39 is 12.2 Å². The number of alkyl halides is 3. The summed E-state index contributed by atoms with van der Waals surface area (Å²) >= 11 is 0. The van der Waals surface area contributed by atoms with E-state index >= 15 is 0 Å². The summed E-state index contributed by atoms with van der Waals surface area (Å²) in [6, 6.07) is -1.64. The first kappa shape index (κ1) is 20.1. The highest BCUT2D eigenvalue weighted by Gasteiger charge is 2.52. The van der Waals surface area contributed by atoms with E-state index in [0.29, 0.717) is 32.1 Å². The minimum absolute atomic E-state index is 0.0588. The van der Waals surface area contributed by atoms with E-state index in [2.05, 4.69) is 5.32 Å². The fourth-order valence-electron chi connectivity index (χ4n) is 3.62. The largest absolute Gasteiger partial charge is 0.422 e. The van der Waals surface area contributed by atoms with E-state index in [-0.39, 0.29) is 50.5 Å².